The minimum atomic E-state index is -1.12. The maximum Gasteiger partial charge on any atom is 0.335 e. The van der Waals surface area contributed by atoms with E-state index < -0.39 is 17.9 Å². The van der Waals surface area contributed by atoms with Crippen molar-refractivity contribution < 1.29 is 29.0 Å². The van der Waals surface area contributed by atoms with Gasteiger partial charge in [0.1, 0.15) is 11.8 Å². The van der Waals surface area contributed by atoms with Gasteiger partial charge in [-0.15, -0.1) is 0 Å². The van der Waals surface area contributed by atoms with Crippen LogP contribution < -0.4 is 26.0 Å². The normalized spacial score (nSPS) is 11.3. The van der Waals surface area contributed by atoms with Crippen molar-refractivity contribution in [3.05, 3.63) is 83.4 Å². The summed E-state index contributed by atoms with van der Waals surface area (Å²) in [7, 11) is 1.38. The summed E-state index contributed by atoms with van der Waals surface area (Å²) in [5, 5.41) is 20.3. The second kappa shape index (κ2) is 13.8. The number of methoxy groups -OCH3 is 1. The molecule has 3 aromatic carbocycles. The van der Waals surface area contributed by atoms with Crippen molar-refractivity contribution >= 4 is 40.9 Å². The van der Waals surface area contributed by atoms with Crippen molar-refractivity contribution in [1.82, 2.24) is 5.32 Å². The highest BCUT2D eigenvalue weighted by Crippen LogP contribution is 2.26. The standard InChI is InChI=1S/C30H34N4O6/c1-18(2)15-25(28(36)33-24-14-11-21(29(37)38)17-26(24)40-4)32-27(35)16-20-9-12-22(13-10-20)31-30(39)34-23-8-6-5-7-19(23)3/h5-14,17-18,25H,15-16H2,1-4H3,(H,32,35)(H,33,36)(H,37,38)(H2,31,34,39)/t25-/m0/s1. The second-order valence-electron chi connectivity index (χ2n) is 9.73. The van der Waals surface area contributed by atoms with Crippen molar-refractivity contribution in [2.75, 3.05) is 23.1 Å². The number of rotatable bonds is 11. The van der Waals surface area contributed by atoms with Crippen LogP contribution in [-0.4, -0.2) is 42.1 Å². The highest BCUT2D eigenvalue weighted by molar-refractivity contribution is 6.00. The van der Waals surface area contributed by atoms with Gasteiger partial charge in [-0.25, -0.2) is 9.59 Å². The van der Waals surface area contributed by atoms with Gasteiger partial charge in [0.05, 0.1) is 24.8 Å². The summed E-state index contributed by atoms with van der Waals surface area (Å²) in [4.78, 5) is 49.5. The quantitative estimate of drug-likeness (QED) is 0.227. The summed E-state index contributed by atoms with van der Waals surface area (Å²) in [6.45, 7) is 5.78. The molecule has 0 unspecified atom stereocenters. The zero-order valence-electron chi connectivity index (χ0n) is 22.9. The van der Waals surface area contributed by atoms with Crippen LogP contribution in [0, 0.1) is 12.8 Å². The van der Waals surface area contributed by atoms with Crippen LogP contribution in [0.3, 0.4) is 0 Å². The van der Waals surface area contributed by atoms with Crippen LogP contribution in [0.2, 0.25) is 0 Å². The van der Waals surface area contributed by atoms with Crippen LogP contribution in [0.1, 0.15) is 41.8 Å². The van der Waals surface area contributed by atoms with Gasteiger partial charge in [-0.3, -0.25) is 9.59 Å². The Balaban J connectivity index is 1.60. The molecular formula is C30H34N4O6. The lowest BCUT2D eigenvalue weighted by Gasteiger charge is -2.21. The molecule has 0 aliphatic heterocycles. The highest BCUT2D eigenvalue weighted by atomic mass is 16.5. The molecule has 0 aliphatic rings. The van der Waals surface area contributed by atoms with Crippen molar-refractivity contribution in [3.63, 3.8) is 0 Å². The van der Waals surface area contributed by atoms with Crippen LogP contribution in [-0.2, 0) is 16.0 Å². The van der Waals surface area contributed by atoms with E-state index in [1.165, 1.54) is 25.3 Å². The van der Waals surface area contributed by atoms with E-state index >= 15 is 0 Å². The van der Waals surface area contributed by atoms with Crippen LogP contribution in [0.5, 0.6) is 5.75 Å². The zero-order valence-corrected chi connectivity index (χ0v) is 22.9. The minimum absolute atomic E-state index is 0.0232. The van der Waals surface area contributed by atoms with E-state index in [0.29, 0.717) is 29.0 Å². The summed E-state index contributed by atoms with van der Waals surface area (Å²) in [5.41, 5.74) is 3.25. The summed E-state index contributed by atoms with van der Waals surface area (Å²) < 4.78 is 5.23. The lowest BCUT2D eigenvalue weighted by Crippen LogP contribution is -2.45. The first-order valence-corrected chi connectivity index (χ1v) is 12.8. The molecule has 0 aromatic heterocycles. The number of carbonyl (C=O) groups excluding carboxylic acids is 3. The molecule has 10 nitrogen and oxygen atoms in total. The van der Waals surface area contributed by atoms with Gasteiger partial charge in [-0.1, -0.05) is 44.2 Å². The van der Waals surface area contributed by atoms with Gasteiger partial charge in [-0.2, -0.15) is 0 Å². The van der Waals surface area contributed by atoms with Crippen LogP contribution in [0.15, 0.2) is 66.7 Å². The lowest BCUT2D eigenvalue weighted by molar-refractivity contribution is -0.126. The van der Waals surface area contributed by atoms with E-state index in [-0.39, 0.29) is 35.6 Å². The smallest absolute Gasteiger partial charge is 0.335 e. The van der Waals surface area contributed by atoms with Crippen LogP contribution in [0.25, 0.3) is 0 Å². The Morgan fingerprint density at radius 2 is 1.57 bits per heavy atom. The van der Waals surface area contributed by atoms with Gasteiger partial charge in [0.2, 0.25) is 11.8 Å². The molecule has 0 saturated carbocycles. The number of carbonyl (C=O) groups is 4. The van der Waals surface area contributed by atoms with Crippen LogP contribution in [0.4, 0.5) is 21.9 Å². The van der Waals surface area contributed by atoms with E-state index in [9.17, 15) is 24.3 Å². The molecule has 0 saturated heterocycles. The Kier molecular flexibility index (Phi) is 10.2. The fraction of sp³-hybridized carbons (Fsp3) is 0.267. The number of benzene rings is 3. The molecule has 0 radical (unpaired) electrons. The third kappa shape index (κ3) is 8.59. The van der Waals surface area contributed by atoms with E-state index in [1.54, 1.807) is 24.3 Å². The molecule has 10 heteroatoms. The average molecular weight is 547 g/mol. The Morgan fingerprint density at radius 3 is 2.20 bits per heavy atom. The number of ether oxygens (including phenoxy) is 1. The second-order valence-corrected chi connectivity index (χ2v) is 9.73. The van der Waals surface area contributed by atoms with E-state index in [2.05, 4.69) is 21.3 Å². The number of nitrogens with one attached hydrogen (secondary N) is 4. The number of urea groups is 1. The molecule has 5 N–H and O–H groups in total. The maximum absolute atomic E-state index is 13.1. The van der Waals surface area contributed by atoms with E-state index in [4.69, 9.17) is 4.74 Å². The van der Waals surface area contributed by atoms with Gasteiger partial charge < -0.3 is 31.1 Å². The lowest BCUT2D eigenvalue weighted by atomic mass is 10.0. The fourth-order valence-electron chi connectivity index (χ4n) is 3.98. The molecule has 210 valence electrons. The molecule has 0 bridgehead atoms. The molecule has 3 aromatic rings. The number of carboxylic acid groups (broad SMARTS) is 1. The molecule has 0 fully saturated rings. The predicted molar refractivity (Wildman–Crippen MR) is 154 cm³/mol. The molecular weight excluding hydrogens is 512 g/mol. The summed E-state index contributed by atoms with van der Waals surface area (Å²) >= 11 is 0. The number of aryl methyl sites for hydroxylation is 1. The number of carboxylic acids is 1. The molecule has 0 aliphatic carbocycles. The number of aromatic carboxylic acids is 1. The van der Waals surface area contributed by atoms with Crippen molar-refractivity contribution in [2.24, 2.45) is 5.92 Å². The number of para-hydroxylation sites is 1. The highest BCUT2D eigenvalue weighted by Gasteiger charge is 2.23. The molecule has 4 amide bonds. The van der Waals surface area contributed by atoms with E-state index in [1.807, 2.05) is 45.0 Å². The van der Waals surface area contributed by atoms with Gasteiger partial charge in [0, 0.05) is 11.4 Å². The van der Waals surface area contributed by atoms with Gasteiger partial charge in [-0.05, 0) is 66.8 Å². The monoisotopic (exact) mass is 546 g/mol. The Bertz CT molecular complexity index is 1370. The largest absolute Gasteiger partial charge is 0.495 e. The van der Waals surface area contributed by atoms with Gasteiger partial charge in [0.25, 0.3) is 0 Å². The number of hydrogen-bond acceptors (Lipinski definition) is 5. The van der Waals surface area contributed by atoms with Crippen LogP contribution >= 0.6 is 0 Å². The third-order valence-corrected chi connectivity index (χ3v) is 6.03. The first-order valence-electron chi connectivity index (χ1n) is 12.8. The molecule has 1 atom stereocenters. The first-order chi connectivity index (χ1) is 19.0. The number of hydrogen-bond donors (Lipinski definition) is 5. The molecule has 3 rings (SSSR count). The molecule has 0 heterocycles. The number of anilines is 3. The minimum Gasteiger partial charge on any atom is -0.495 e. The summed E-state index contributed by atoms with van der Waals surface area (Å²) in [5.74, 6) is -1.59. The maximum atomic E-state index is 13.1. The van der Waals surface area contributed by atoms with Gasteiger partial charge >= 0.3 is 12.0 Å². The van der Waals surface area contributed by atoms with Crippen molar-refractivity contribution in [2.45, 2.75) is 39.7 Å². The molecule has 40 heavy (non-hydrogen) atoms. The van der Waals surface area contributed by atoms with Crippen molar-refractivity contribution in [3.8, 4) is 5.75 Å². The Morgan fingerprint density at radius 1 is 0.875 bits per heavy atom. The Labute approximate surface area is 233 Å². The third-order valence-electron chi connectivity index (χ3n) is 6.03. The first kappa shape index (κ1) is 29.7. The fourth-order valence-corrected chi connectivity index (χ4v) is 3.98. The predicted octanol–water partition coefficient (Wildman–Crippen LogP) is 5.06. The van der Waals surface area contributed by atoms with Gasteiger partial charge in [0.15, 0.2) is 0 Å². The average Bonchev–Trinajstić information content (AvgIpc) is 2.90. The SMILES string of the molecule is COc1cc(C(=O)O)ccc1NC(=O)[C@H](CC(C)C)NC(=O)Cc1ccc(NC(=O)Nc2ccccc2C)cc1. The number of amides is 4. The Hall–Kier alpha value is -4.86. The van der Waals surface area contributed by atoms with E-state index in [0.717, 1.165) is 5.56 Å². The molecule has 0 spiro atoms. The van der Waals surface area contributed by atoms with Crippen molar-refractivity contribution in [1.29, 1.82) is 0 Å². The summed E-state index contributed by atoms with van der Waals surface area (Å²) in [6.07, 6.45) is 0.431. The zero-order chi connectivity index (χ0) is 29.2. The summed E-state index contributed by atoms with van der Waals surface area (Å²) in [6, 6.07) is 17.2. The topological polar surface area (TPSA) is 146 Å².